The van der Waals surface area contributed by atoms with Crippen molar-refractivity contribution in [2.75, 3.05) is 17.4 Å². The molecule has 1 aliphatic rings. The highest BCUT2D eigenvalue weighted by atomic mass is 16.7. The molecule has 0 bridgehead atoms. The van der Waals surface area contributed by atoms with Gasteiger partial charge in [0.25, 0.3) is 0 Å². The average Bonchev–Trinajstić information content (AvgIpc) is 3.16. The Balaban J connectivity index is 1.67. The van der Waals surface area contributed by atoms with Crippen LogP contribution in [0.4, 0.5) is 17.5 Å². The number of rotatable bonds is 6. The summed E-state index contributed by atoms with van der Waals surface area (Å²) in [6.07, 6.45) is 0.990. The minimum Gasteiger partial charge on any atom is -0.454 e. The maximum atomic E-state index is 5.45. The first-order chi connectivity index (χ1) is 13.2. The molecule has 6 heteroatoms. The van der Waals surface area contributed by atoms with Gasteiger partial charge in [0.15, 0.2) is 11.5 Å². The molecule has 6 nitrogen and oxygen atoms in total. The van der Waals surface area contributed by atoms with E-state index in [0.29, 0.717) is 11.8 Å². The summed E-state index contributed by atoms with van der Waals surface area (Å²) in [5.74, 6) is 2.81. The fourth-order valence-electron chi connectivity index (χ4n) is 2.78. The number of hydrogen-bond donors (Lipinski definition) is 2. The van der Waals surface area contributed by atoms with Crippen LogP contribution in [0.3, 0.4) is 0 Å². The lowest BCUT2D eigenvalue weighted by Crippen LogP contribution is -2.16. The van der Waals surface area contributed by atoms with Gasteiger partial charge in [0.2, 0.25) is 12.7 Å². The number of fused-ring (bicyclic) bond motifs is 1. The second-order valence-corrected chi connectivity index (χ2v) is 6.47. The third-order valence-corrected chi connectivity index (χ3v) is 4.43. The van der Waals surface area contributed by atoms with Crippen LogP contribution in [0.25, 0.3) is 11.3 Å². The smallest absolute Gasteiger partial charge is 0.231 e. The van der Waals surface area contributed by atoms with E-state index >= 15 is 0 Å². The van der Waals surface area contributed by atoms with E-state index in [9.17, 15) is 0 Å². The van der Waals surface area contributed by atoms with Gasteiger partial charge in [-0.05, 0) is 25.5 Å². The van der Waals surface area contributed by atoms with E-state index in [1.807, 2.05) is 54.6 Å². The molecule has 4 rings (SSSR count). The van der Waals surface area contributed by atoms with E-state index < -0.39 is 0 Å². The van der Waals surface area contributed by atoms with Gasteiger partial charge in [0.05, 0.1) is 5.69 Å². The zero-order chi connectivity index (χ0) is 18.6. The molecule has 0 aliphatic carbocycles. The summed E-state index contributed by atoms with van der Waals surface area (Å²) in [4.78, 5) is 9.31. The van der Waals surface area contributed by atoms with E-state index in [1.165, 1.54) is 0 Å². The Kier molecular flexibility index (Phi) is 4.78. The number of nitrogens with one attached hydrogen (secondary N) is 2. The highest BCUT2D eigenvalue weighted by Crippen LogP contribution is 2.35. The number of hydrogen-bond acceptors (Lipinski definition) is 6. The second kappa shape index (κ2) is 7.53. The van der Waals surface area contributed by atoms with Gasteiger partial charge in [-0.25, -0.2) is 4.98 Å². The Labute approximate surface area is 158 Å². The van der Waals surface area contributed by atoms with E-state index in [1.54, 1.807) is 0 Å². The number of anilines is 3. The largest absolute Gasteiger partial charge is 0.454 e. The fourth-order valence-corrected chi connectivity index (χ4v) is 2.78. The third-order valence-electron chi connectivity index (χ3n) is 4.43. The predicted octanol–water partition coefficient (Wildman–Crippen LogP) is 4.83. The van der Waals surface area contributed by atoms with Crippen LogP contribution < -0.4 is 20.1 Å². The van der Waals surface area contributed by atoms with Crippen LogP contribution in [-0.4, -0.2) is 22.8 Å². The lowest BCUT2D eigenvalue weighted by molar-refractivity contribution is 0.174. The molecule has 1 atom stereocenters. The summed E-state index contributed by atoms with van der Waals surface area (Å²) < 4.78 is 10.8. The van der Waals surface area contributed by atoms with Crippen LogP contribution in [0.2, 0.25) is 0 Å². The molecule has 0 spiro atoms. The Morgan fingerprint density at radius 1 is 1.00 bits per heavy atom. The summed E-state index contributed by atoms with van der Waals surface area (Å²) in [5.41, 5.74) is 2.78. The van der Waals surface area contributed by atoms with Crippen molar-refractivity contribution >= 4 is 17.5 Å². The summed E-state index contributed by atoms with van der Waals surface area (Å²) >= 11 is 0. The summed E-state index contributed by atoms with van der Waals surface area (Å²) in [6, 6.07) is 18.1. The van der Waals surface area contributed by atoms with Crippen LogP contribution in [0, 0.1) is 0 Å². The van der Waals surface area contributed by atoms with Gasteiger partial charge >= 0.3 is 0 Å². The number of benzene rings is 2. The molecular formula is C21H22N4O2. The molecule has 1 aromatic heterocycles. The minimum atomic E-state index is 0.257. The summed E-state index contributed by atoms with van der Waals surface area (Å²) in [7, 11) is 0. The van der Waals surface area contributed by atoms with Gasteiger partial charge in [-0.2, -0.15) is 4.98 Å². The maximum absolute atomic E-state index is 5.45. The lowest BCUT2D eigenvalue weighted by Gasteiger charge is -2.15. The van der Waals surface area contributed by atoms with E-state index in [4.69, 9.17) is 9.47 Å². The first-order valence-electron chi connectivity index (χ1n) is 9.09. The number of nitrogens with zero attached hydrogens (tertiary/aromatic N) is 2. The molecule has 0 saturated heterocycles. The van der Waals surface area contributed by atoms with Crippen molar-refractivity contribution in [1.82, 2.24) is 9.97 Å². The first kappa shape index (κ1) is 17.1. The molecule has 0 saturated carbocycles. The highest BCUT2D eigenvalue weighted by molar-refractivity contribution is 5.68. The van der Waals surface area contributed by atoms with Crippen molar-refractivity contribution in [3.63, 3.8) is 0 Å². The first-order valence-corrected chi connectivity index (χ1v) is 9.09. The van der Waals surface area contributed by atoms with E-state index in [0.717, 1.165) is 34.9 Å². The molecule has 2 N–H and O–H groups in total. The normalized spacial score (nSPS) is 13.3. The van der Waals surface area contributed by atoms with Crippen LogP contribution in [0.5, 0.6) is 11.5 Å². The van der Waals surface area contributed by atoms with Crippen molar-refractivity contribution in [3.05, 3.63) is 54.6 Å². The van der Waals surface area contributed by atoms with Gasteiger partial charge in [0.1, 0.15) is 5.82 Å². The molecule has 2 heterocycles. The van der Waals surface area contributed by atoms with Crippen LogP contribution in [0.1, 0.15) is 20.3 Å². The zero-order valence-corrected chi connectivity index (χ0v) is 15.4. The topological polar surface area (TPSA) is 68.3 Å². The monoisotopic (exact) mass is 362 g/mol. The Bertz CT molecular complexity index is 931. The van der Waals surface area contributed by atoms with Crippen molar-refractivity contribution in [2.24, 2.45) is 0 Å². The molecular weight excluding hydrogens is 340 g/mol. The number of aromatic nitrogens is 2. The number of ether oxygens (including phenoxy) is 2. The zero-order valence-electron chi connectivity index (χ0n) is 15.4. The minimum absolute atomic E-state index is 0.257. The summed E-state index contributed by atoms with van der Waals surface area (Å²) in [5, 5.41) is 6.71. The highest BCUT2D eigenvalue weighted by Gasteiger charge is 2.14. The maximum Gasteiger partial charge on any atom is 0.231 e. The Hall–Kier alpha value is -3.28. The quantitative estimate of drug-likeness (QED) is 0.655. The van der Waals surface area contributed by atoms with Crippen LogP contribution in [0.15, 0.2) is 54.6 Å². The Morgan fingerprint density at radius 3 is 2.63 bits per heavy atom. The molecule has 2 aromatic carbocycles. The van der Waals surface area contributed by atoms with Crippen molar-refractivity contribution in [2.45, 2.75) is 26.3 Å². The third kappa shape index (κ3) is 3.95. The Morgan fingerprint density at radius 2 is 1.81 bits per heavy atom. The molecule has 138 valence electrons. The van der Waals surface area contributed by atoms with Gasteiger partial charge < -0.3 is 20.1 Å². The predicted molar refractivity (Wildman–Crippen MR) is 107 cm³/mol. The molecule has 3 aromatic rings. The second-order valence-electron chi connectivity index (χ2n) is 6.47. The van der Waals surface area contributed by atoms with Gasteiger partial charge in [-0.1, -0.05) is 37.3 Å². The fraction of sp³-hybridized carbons (Fsp3) is 0.238. The van der Waals surface area contributed by atoms with Crippen molar-refractivity contribution in [1.29, 1.82) is 0 Å². The lowest BCUT2D eigenvalue weighted by atomic mass is 10.1. The van der Waals surface area contributed by atoms with Crippen LogP contribution in [-0.2, 0) is 0 Å². The molecule has 27 heavy (non-hydrogen) atoms. The average molecular weight is 362 g/mol. The van der Waals surface area contributed by atoms with Crippen molar-refractivity contribution < 1.29 is 9.47 Å². The molecule has 0 amide bonds. The van der Waals surface area contributed by atoms with Gasteiger partial charge in [-0.15, -0.1) is 0 Å². The molecule has 1 aliphatic heterocycles. The van der Waals surface area contributed by atoms with E-state index in [2.05, 4.69) is 34.4 Å². The SMILES string of the molecule is CC[C@H](C)Nc1nc(Nc2ccc3c(c2)OCO3)cc(-c2ccccc2)n1. The van der Waals surface area contributed by atoms with Gasteiger partial charge in [-0.3, -0.25) is 0 Å². The van der Waals surface area contributed by atoms with Crippen LogP contribution >= 0.6 is 0 Å². The van der Waals surface area contributed by atoms with E-state index in [-0.39, 0.29) is 12.8 Å². The molecule has 0 radical (unpaired) electrons. The van der Waals surface area contributed by atoms with Gasteiger partial charge in [0, 0.05) is 29.4 Å². The standard InChI is InChI=1S/C21H22N4O2/c1-3-14(2)22-21-24-17(15-7-5-4-6-8-15)12-20(25-21)23-16-9-10-18-19(11-16)27-13-26-18/h4-12,14H,3,13H2,1-2H3,(H2,22,23,24,25)/t14-/m0/s1. The molecule has 0 unspecified atom stereocenters. The summed E-state index contributed by atoms with van der Waals surface area (Å²) in [6.45, 7) is 4.50. The molecule has 0 fully saturated rings. The van der Waals surface area contributed by atoms with Crippen molar-refractivity contribution in [3.8, 4) is 22.8 Å².